The third-order valence-electron chi connectivity index (χ3n) is 3.97. The molecule has 0 unspecified atom stereocenters. The molecule has 3 aromatic rings. The summed E-state index contributed by atoms with van der Waals surface area (Å²) in [5.74, 6) is -3.35. The van der Waals surface area contributed by atoms with E-state index < -0.39 is 29.4 Å². The van der Waals surface area contributed by atoms with Gasteiger partial charge in [-0.3, -0.25) is 0 Å². The van der Waals surface area contributed by atoms with Crippen molar-refractivity contribution in [2.24, 2.45) is 0 Å². The Balaban J connectivity index is 1.93. The van der Waals surface area contributed by atoms with Crippen LogP contribution in [0.1, 0.15) is 28.4 Å². The van der Waals surface area contributed by atoms with Crippen molar-refractivity contribution < 1.29 is 27.8 Å². The van der Waals surface area contributed by atoms with Crippen LogP contribution in [-0.4, -0.2) is 17.6 Å². The third kappa shape index (κ3) is 4.52. The lowest BCUT2D eigenvalue weighted by molar-refractivity contribution is 0.0526. The van der Waals surface area contributed by atoms with E-state index in [9.17, 15) is 13.6 Å². The van der Waals surface area contributed by atoms with Gasteiger partial charge in [0.2, 0.25) is 0 Å². The summed E-state index contributed by atoms with van der Waals surface area (Å²) in [5, 5.41) is 8.97. The van der Waals surface area contributed by atoms with Gasteiger partial charge in [0, 0.05) is 5.56 Å². The molecular formula is C22H16F2N2O4. The molecule has 30 heavy (non-hydrogen) atoms. The highest BCUT2D eigenvalue weighted by molar-refractivity contribution is 5.89. The first-order valence-electron chi connectivity index (χ1n) is 8.91. The molecule has 8 heteroatoms. The number of carbonyl (C=O) groups excluding carboxylic acids is 1. The van der Waals surface area contributed by atoms with E-state index in [2.05, 4.69) is 4.98 Å². The zero-order valence-corrected chi connectivity index (χ0v) is 16.1. The van der Waals surface area contributed by atoms with Gasteiger partial charge in [-0.1, -0.05) is 12.1 Å². The average molecular weight is 410 g/mol. The summed E-state index contributed by atoms with van der Waals surface area (Å²) >= 11 is 0. The highest BCUT2D eigenvalue weighted by Gasteiger charge is 2.21. The largest absolute Gasteiger partial charge is 0.462 e. The summed E-state index contributed by atoms with van der Waals surface area (Å²) in [6.07, 6.45) is 0. The molecule has 3 rings (SSSR count). The minimum absolute atomic E-state index is 0.107. The molecule has 152 valence electrons. The molecule has 1 heterocycles. The van der Waals surface area contributed by atoms with Crippen molar-refractivity contribution in [1.29, 1.82) is 5.26 Å². The molecule has 0 aliphatic heterocycles. The molecule has 0 fully saturated rings. The van der Waals surface area contributed by atoms with E-state index in [1.54, 1.807) is 19.1 Å². The van der Waals surface area contributed by atoms with Gasteiger partial charge in [-0.25, -0.2) is 13.6 Å². The second kappa shape index (κ2) is 9.01. The Kier molecular flexibility index (Phi) is 6.23. The number of halogens is 2. The number of esters is 1. The summed E-state index contributed by atoms with van der Waals surface area (Å²) in [6.45, 7) is 3.09. The molecule has 0 amide bonds. The third-order valence-corrected chi connectivity index (χ3v) is 3.97. The summed E-state index contributed by atoms with van der Waals surface area (Å²) in [5.41, 5.74) is 0.158. The molecule has 0 bridgehead atoms. The molecule has 0 aliphatic carbocycles. The minimum Gasteiger partial charge on any atom is -0.462 e. The minimum atomic E-state index is -1.01. The van der Waals surface area contributed by atoms with Crippen LogP contribution in [0.3, 0.4) is 0 Å². The van der Waals surface area contributed by atoms with Gasteiger partial charge in [0.1, 0.15) is 11.5 Å². The van der Waals surface area contributed by atoms with Crippen molar-refractivity contribution in [3.63, 3.8) is 0 Å². The lowest BCUT2D eigenvalue weighted by atomic mass is 10.2. The van der Waals surface area contributed by atoms with Gasteiger partial charge < -0.3 is 14.2 Å². The molecule has 6 nitrogen and oxygen atoms in total. The second-order valence-electron chi connectivity index (χ2n) is 6.07. The Morgan fingerprint density at radius 3 is 2.23 bits per heavy atom. The molecular weight excluding hydrogens is 394 g/mol. The first kappa shape index (κ1) is 20.7. The fourth-order valence-electron chi connectivity index (χ4n) is 2.50. The quantitative estimate of drug-likeness (QED) is 0.513. The number of carbonyl (C=O) groups is 1. The van der Waals surface area contributed by atoms with Gasteiger partial charge in [-0.15, -0.1) is 0 Å². The molecule has 0 N–H and O–H groups in total. The fourth-order valence-corrected chi connectivity index (χ4v) is 2.50. The number of aromatic nitrogens is 1. The monoisotopic (exact) mass is 410 g/mol. The number of ether oxygens (including phenoxy) is 3. The Morgan fingerprint density at radius 1 is 1.03 bits per heavy atom. The van der Waals surface area contributed by atoms with Crippen molar-refractivity contribution in [3.8, 4) is 29.3 Å². The van der Waals surface area contributed by atoms with Crippen LogP contribution in [0.4, 0.5) is 8.78 Å². The number of benzene rings is 2. The van der Waals surface area contributed by atoms with Gasteiger partial charge in [0.05, 0.1) is 23.8 Å². The van der Waals surface area contributed by atoms with Crippen LogP contribution in [0.2, 0.25) is 0 Å². The lowest BCUT2D eigenvalue weighted by Crippen LogP contribution is -2.05. The van der Waals surface area contributed by atoms with E-state index >= 15 is 0 Å². The van der Waals surface area contributed by atoms with Crippen molar-refractivity contribution >= 4 is 5.97 Å². The van der Waals surface area contributed by atoms with Crippen LogP contribution in [0.5, 0.6) is 23.3 Å². The SMILES string of the molecule is CCOC(=O)c1cccc(Oc2nc(Oc3cccc(C#N)c3)c(F)c(C)c2F)c1. The molecule has 0 spiro atoms. The molecule has 0 radical (unpaired) electrons. The first-order valence-corrected chi connectivity index (χ1v) is 8.91. The molecule has 1 aromatic heterocycles. The highest BCUT2D eigenvalue weighted by Crippen LogP contribution is 2.33. The predicted molar refractivity (Wildman–Crippen MR) is 103 cm³/mol. The summed E-state index contributed by atoms with van der Waals surface area (Å²) in [6, 6.07) is 13.8. The summed E-state index contributed by atoms with van der Waals surface area (Å²) in [4.78, 5) is 15.7. The average Bonchev–Trinajstić information content (AvgIpc) is 2.76. The predicted octanol–water partition coefficient (Wildman–Crippen LogP) is 5.30. The van der Waals surface area contributed by atoms with Gasteiger partial charge in [-0.05, 0) is 50.2 Å². The van der Waals surface area contributed by atoms with E-state index in [1.165, 1.54) is 43.3 Å². The number of nitrogens with zero attached hydrogens (tertiary/aromatic N) is 2. The molecule has 0 saturated carbocycles. The maximum atomic E-state index is 14.5. The second-order valence-corrected chi connectivity index (χ2v) is 6.07. The maximum absolute atomic E-state index is 14.5. The molecule has 2 aromatic carbocycles. The zero-order chi connectivity index (χ0) is 21.7. The van der Waals surface area contributed by atoms with E-state index in [1.807, 2.05) is 6.07 Å². The van der Waals surface area contributed by atoms with E-state index in [0.29, 0.717) is 5.56 Å². The standard InChI is InChI=1S/C22H16F2N2O4/c1-3-28-22(27)15-7-5-9-17(11-15)30-21-19(24)13(2)18(23)20(26-21)29-16-8-4-6-14(10-16)12-25/h4-11H,3H2,1-2H3. The van der Waals surface area contributed by atoms with Crippen LogP contribution < -0.4 is 9.47 Å². The maximum Gasteiger partial charge on any atom is 0.338 e. The highest BCUT2D eigenvalue weighted by atomic mass is 19.1. The number of hydrogen-bond donors (Lipinski definition) is 0. The van der Waals surface area contributed by atoms with Crippen LogP contribution in [-0.2, 0) is 4.74 Å². The van der Waals surface area contributed by atoms with Gasteiger partial charge in [-0.2, -0.15) is 10.2 Å². The van der Waals surface area contributed by atoms with Gasteiger partial charge in [0.15, 0.2) is 11.6 Å². The van der Waals surface area contributed by atoms with Crippen molar-refractivity contribution in [1.82, 2.24) is 4.98 Å². The Hall–Kier alpha value is -3.99. The van der Waals surface area contributed by atoms with Crippen molar-refractivity contribution in [2.45, 2.75) is 13.8 Å². The number of nitriles is 1. The first-order chi connectivity index (χ1) is 14.4. The van der Waals surface area contributed by atoms with E-state index in [4.69, 9.17) is 19.5 Å². The molecule has 0 aliphatic rings. The fraction of sp³-hybridized carbons (Fsp3) is 0.136. The van der Waals surface area contributed by atoms with Crippen LogP contribution in [0.25, 0.3) is 0 Å². The Bertz CT molecular complexity index is 1140. The summed E-state index contributed by atoms with van der Waals surface area (Å²) < 4.78 is 44.8. The van der Waals surface area contributed by atoms with Gasteiger partial charge >= 0.3 is 5.97 Å². The Morgan fingerprint density at radius 2 is 1.63 bits per heavy atom. The van der Waals surface area contributed by atoms with Crippen LogP contribution >= 0.6 is 0 Å². The molecule has 0 atom stereocenters. The number of rotatable bonds is 6. The van der Waals surface area contributed by atoms with Crippen molar-refractivity contribution in [2.75, 3.05) is 6.61 Å². The summed E-state index contributed by atoms with van der Waals surface area (Å²) in [7, 11) is 0. The van der Waals surface area contributed by atoms with Crippen molar-refractivity contribution in [3.05, 3.63) is 76.9 Å². The molecule has 0 saturated heterocycles. The number of pyridine rings is 1. The van der Waals surface area contributed by atoms with Crippen LogP contribution in [0, 0.1) is 29.9 Å². The Labute approximate surface area is 171 Å². The van der Waals surface area contributed by atoms with E-state index in [-0.39, 0.29) is 29.2 Å². The zero-order valence-electron chi connectivity index (χ0n) is 16.1. The van der Waals surface area contributed by atoms with E-state index in [0.717, 1.165) is 0 Å². The smallest absolute Gasteiger partial charge is 0.338 e. The van der Waals surface area contributed by atoms with Crippen LogP contribution in [0.15, 0.2) is 48.5 Å². The lowest BCUT2D eigenvalue weighted by Gasteiger charge is -2.12. The number of hydrogen-bond acceptors (Lipinski definition) is 6. The topological polar surface area (TPSA) is 81.4 Å². The normalized spacial score (nSPS) is 10.2. The van der Waals surface area contributed by atoms with Gasteiger partial charge in [0.25, 0.3) is 11.8 Å².